The number of imide groups is 1. The molecule has 0 saturated carbocycles. The van der Waals surface area contributed by atoms with Crippen LogP contribution in [0.25, 0.3) is 0 Å². The minimum atomic E-state index is -0.753. The maximum atomic E-state index is 12.5. The summed E-state index contributed by atoms with van der Waals surface area (Å²) in [6.45, 7) is 0.217. The Labute approximate surface area is 169 Å². The molecule has 0 unspecified atom stereocenters. The molecule has 1 aromatic heterocycles. The molecule has 0 atom stereocenters. The van der Waals surface area contributed by atoms with E-state index in [9.17, 15) is 19.2 Å². The number of carbonyl (C=O) groups excluding carboxylic acids is 4. The minimum Gasteiger partial charge on any atom is -0.454 e. The molecule has 146 valence electrons. The molecule has 0 radical (unpaired) electrons. The Morgan fingerprint density at radius 1 is 1.11 bits per heavy atom. The Bertz CT molecular complexity index is 954. The zero-order valence-corrected chi connectivity index (χ0v) is 16.5. The molecule has 2 amide bonds. The van der Waals surface area contributed by atoms with E-state index in [0.717, 1.165) is 16.2 Å². The second-order valence-electron chi connectivity index (χ2n) is 5.97. The maximum Gasteiger partial charge on any atom is 0.338 e. The number of rotatable bonds is 8. The van der Waals surface area contributed by atoms with Gasteiger partial charge in [0, 0.05) is 20.3 Å². The van der Waals surface area contributed by atoms with Crippen LogP contribution in [0.1, 0.15) is 47.2 Å². The van der Waals surface area contributed by atoms with Crippen molar-refractivity contribution in [2.75, 3.05) is 26.9 Å². The van der Waals surface area contributed by atoms with Gasteiger partial charge in [-0.3, -0.25) is 19.3 Å². The van der Waals surface area contributed by atoms with E-state index in [2.05, 4.69) is 0 Å². The van der Waals surface area contributed by atoms with Crippen molar-refractivity contribution in [1.82, 2.24) is 4.90 Å². The molecule has 28 heavy (non-hydrogen) atoms. The highest BCUT2D eigenvalue weighted by Crippen LogP contribution is 2.25. The van der Waals surface area contributed by atoms with Gasteiger partial charge in [0.05, 0.1) is 25.9 Å². The lowest BCUT2D eigenvalue weighted by atomic mass is 10.1. The van der Waals surface area contributed by atoms with Crippen molar-refractivity contribution in [3.8, 4) is 0 Å². The predicted octanol–water partition coefficient (Wildman–Crippen LogP) is 3.07. The molecular weight excluding hydrogens is 406 g/mol. The number of Topliss-reactive ketones (excluding diaryl/α,β-unsaturated/α-hetero) is 1. The van der Waals surface area contributed by atoms with Gasteiger partial charge in [-0.05, 0) is 36.8 Å². The fourth-order valence-corrected chi connectivity index (χ4v) is 3.70. The van der Waals surface area contributed by atoms with Crippen molar-refractivity contribution in [2.24, 2.45) is 0 Å². The van der Waals surface area contributed by atoms with E-state index in [4.69, 9.17) is 21.1 Å². The monoisotopic (exact) mass is 421 g/mol. The Balaban J connectivity index is 1.67. The van der Waals surface area contributed by atoms with Crippen LogP contribution in [0, 0.1) is 0 Å². The molecule has 2 heterocycles. The summed E-state index contributed by atoms with van der Waals surface area (Å²) in [5.41, 5.74) is 0.479. The van der Waals surface area contributed by atoms with Gasteiger partial charge in [0.2, 0.25) is 5.78 Å². The van der Waals surface area contributed by atoms with E-state index in [1.165, 1.54) is 25.3 Å². The number of fused-ring (bicyclic) bond motifs is 1. The summed E-state index contributed by atoms with van der Waals surface area (Å²) in [5, 5.41) is 0. The van der Waals surface area contributed by atoms with Gasteiger partial charge in [0.15, 0.2) is 6.61 Å². The summed E-state index contributed by atoms with van der Waals surface area (Å²) in [5.74, 6) is -1.99. The predicted molar refractivity (Wildman–Crippen MR) is 102 cm³/mol. The number of ether oxygens (including phenoxy) is 2. The van der Waals surface area contributed by atoms with E-state index in [-0.39, 0.29) is 29.0 Å². The molecule has 0 spiro atoms. The number of amides is 2. The molecule has 0 fully saturated rings. The Morgan fingerprint density at radius 2 is 1.86 bits per heavy atom. The molecule has 0 aliphatic carbocycles. The van der Waals surface area contributed by atoms with Crippen LogP contribution in [-0.2, 0) is 9.47 Å². The average Bonchev–Trinajstić information content (AvgIpc) is 3.23. The second kappa shape index (κ2) is 8.64. The van der Waals surface area contributed by atoms with E-state index in [1.54, 1.807) is 12.1 Å². The van der Waals surface area contributed by atoms with Crippen LogP contribution in [0.2, 0.25) is 4.34 Å². The number of hydrogen-bond donors (Lipinski definition) is 0. The van der Waals surface area contributed by atoms with E-state index in [1.807, 2.05) is 0 Å². The summed E-state index contributed by atoms with van der Waals surface area (Å²) in [6, 6.07) is 7.28. The van der Waals surface area contributed by atoms with Crippen molar-refractivity contribution < 1.29 is 28.7 Å². The van der Waals surface area contributed by atoms with Gasteiger partial charge in [-0.1, -0.05) is 11.6 Å². The number of thiophene rings is 1. The second-order valence-corrected chi connectivity index (χ2v) is 7.69. The third-order valence-electron chi connectivity index (χ3n) is 4.12. The lowest BCUT2D eigenvalue weighted by Crippen LogP contribution is -2.31. The number of carbonyl (C=O) groups is 4. The normalized spacial score (nSPS) is 13.0. The summed E-state index contributed by atoms with van der Waals surface area (Å²) < 4.78 is 10.4. The number of halogens is 1. The first kappa shape index (κ1) is 20.2. The minimum absolute atomic E-state index is 0.0932. The first-order chi connectivity index (χ1) is 13.4. The summed E-state index contributed by atoms with van der Waals surface area (Å²) in [7, 11) is 1.54. The first-order valence-electron chi connectivity index (χ1n) is 8.37. The van der Waals surface area contributed by atoms with E-state index < -0.39 is 24.4 Å². The van der Waals surface area contributed by atoms with Crippen LogP contribution >= 0.6 is 22.9 Å². The van der Waals surface area contributed by atoms with Crippen molar-refractivity contribution in [2.45, 2.75) is 6.42 Å². The number of benzene rings is 1. The van der Waals surface area contributed by atoms with Crippen LogP contribution in [0.4, 0.5) is 0 Å². The zero-order valence-electron chi connectivity index (χ0n) is 14.9. The topological polar surface area (TPSA) is 90.0 Å². The number of nitrogens with zero attached hydrogens (tertiary/aromatic N) is 1. The van der Waals surface area contributed by atoms with E-state index in [0.29, 0.717) is 22.2 Å². The molecule has 1 aliphatic rings. The van der Waals surface area contributed by atoms with Gasteiger partial charge >= 0.3 is 5.97 Å². The summed E-state index contributed by atoms with van der Waals surface area (Å²) in [4.78, 5) is 50.6. The largest absolute Gasteiger partial charge is 0.454 e. The van der Waals surface area contributed by atoms with Crippen molar-refractivity contribution in [1.29, 1.82) is 0 Å². The summed E-state index contributed by atoms with van der Waals surface area (Å²) in [6.07, 6.45) is 0.520. The average molecular weight is 422 g/mol. The Morgan fingerprint density at radius 3 is 2.54 bits per heavy atom. The van der Waals surface area contributed by atoms with Crippen LogP contribution in [-0.4, -0.2) is 55.3 Å². The SMILES string of the molecule is COCCCN1C(=O)c2ccc(C(=O)OCC(=O)c3ccc(Cl)s3)cc2C1=O. The highest BCUT2D eigenvalue weighted by atomic mass is 35.5. The van der Waals surface area contributed by atoms with Gasteiger partial charge in [0.25, 0.3) is 11.8 Å². The highest BCUT2D eigenvalue weighted by molar-refractivity contribution is 7.18. The Kier molecular flexibility index (Phi) is 6.23. The molecule has 3 rings (SSSR count). The standard InChI is InChI=1S/C19H16ClNO6S/c1-26-8-2-7-21-17(23)12-4-3-11(9-13(12)18(21)24)19(25)27-10-14(22)15-5-6-16(20)28-15/h3-6,9H,2,7-8,10H2,1H3. The number of hydrogen-bond acceptors (Lipinski definition) is 7. The van der Waals surface area contributed by atoms with Gasteiger partial charge in [-0.2, -0.15) is 0 Å². The lowest BCUT2D eigenvalue weighted by molar-refractivity contribution is 0.0475. The molecule has 1 aromatic carbocycles. The lowest BCUT2D eigenvalue weighted by Gasteiger charge is -2.12. The Hall–Kier alpha value is -2.55. The van der Waals surface area contributed by atoms with Crippen LogP contribution in [0.3, 0.4) is 0 Å². The number of esters is 1. The third-order valence-corrected chi connectivity index (χ3v) is 5.39. The van der Waals surface area contributed by atoms with Crippen molar-refractivity contribution in [3.05, 3.63) is 56.2 Å². The molecule has 0 bridgehead atoms. The van der Waals surface area contributed by atoms with Crippen LogP contribution in [0.5, 0.6) is 0 Å². The molecule has 0 saturated heterocycles. The van der Waals surface area contributed by atoms with Crippen molar-refractivity contribution in [3.63, 3.8) is 0 Å². The fraction of sp³-hybridized carbons (Fsp3) is 0.263. The molecule has 2 aromatic rings. The van der Waals surface area contributed by atoms with Gasteiger partial charge in [-0.15, -0.1) is 11.3 Å². The molecule has 9 heteroatoms. The third kappa shape index (κ3) is 4.14. The summed E-state index contributed by atoms with van der Waals surface area (Å²) >= 11 is 6.88. The van der Waals surface area contributed by atoms with Crippen LogP contribution in [0.15, 0.2) is 30.3 Å². The van der Waals surface area contributed by atoms with Crippen molar-refractivity contribution >= 4 is 46.5 Å². The number of methoxy groups -OCH3 is 1. The molecular formula is C19H16ClNO6S. The van der Waals surface area contributed by atoms with E-state index >= 15 is 0 Å². The molecule has 0 N–H and O–H groups in total. The maximum absolute atomic E-state index is 12.5. The first-order valence-corrected chi connectivity index (χ1v) is 9.56. The smallest absolute Gasteiger partial charge is 0.338 e. The molecule has 7 nitrogen and oxygen atoms in total. The quantitative estimate of drug-likeness (QED) is 0.281. The highest BCUT2D eigenvalue weighted by Gasteiger charge is 2.35. The van der Waals surface area contributed by atoms with Crippen LogP contribution < -0.4 is 0 Å². The van der Waals surface area contributed by atoms with Gasteiger partial charge < -0.3 is 9.47 Å². The van der Waals surface area contributed by atoms with Gasteiger partial charge in [0.1, 0.15) is 0 Å². The fourth-order valence-electron chi connectivity index (χ4n) is 2.74. The van der Waals surface area contributed by atoms with Gasteiger partial charge in [-0.25, -0.2) is 4.79 Å². The zero-order chi connectivity index (χ0) is 20.3. The molecule has 1 aliphatic heterocycles. The number of ketones is 1.